The van der Waals surface area contributed by atoms with Gasteiger partial charge >= 0.3 is 0 Å². The summed E-state index contributed by atoms with van der Waals surface area (Å²) < 4.78 is 0.454. The van der Waals surface area contributed by atoms with Crippen LogP contribution in [0.2, 0.25) is 0 Å². The number of amides is 1. The van der Waals surface area contributed by atoms with Crippen LogP contribution >= 0.6 is 35.1 Å². The summed E-state index contributed by atoms with van der Waals surface area (Å²) in [5.74, 6) is 2.44. The van der Waals surface area contributed by atoms with Crippen LogP contribution in [0.25, 0.3) is 0 Å². The van der Waals surface area contributed by atoms with Crippen molar-refractivity contribution in [2.75, 3.05) is 28.8 Å². The van der Waals surface area contributed by atoms with Gasteiger partial charge in [-0.3, -0.25) is 4.79 Å². The van der Waals surface area contributed by atoms with E-state index in [1.807, 2.05) is 28.4 Å². The van der Waals surface area contributed by atoms with E-state index in [2.05, 4.69) is 32.0 Å². The third-order valence-corrected chi connectivity index (χ3v) is 7.01. The Morgan fingerprint density at radius 3 is 2.32 bits per heavy atom. The van der Waals surface area contributed by atoms with Gasteiger partial charge in [0.05, 0.1) is 10.3 Å². The molecular weight excluding hydrogens is 334 g/mol. The summed E-state index contributed by atoms with van der Waals surface area (Å²) in [4.78, 5) is 14.4. The maximum absolute atomic E-state index is 12.5. The van der Waals surface area contributed by atoms with Crippen molar-refractivity contribution >= 4 is 46.7 Å². The van der Waals surface area contributed by atoms with E-state index in [1.54, 1.807) is 0 Å². The first-order chi connectivity index (χ1) is 10.7. The second kappa shape index (κ2) is 9.09. The standard InChI is InChI=1S/C17H24ClNOS2/c1-3-13-7-5-8-14(4-2)17(13)19(15(20)11-18)12-16-21-9-6-10-22-16/h5,7-8,16H,3-4,6,9-12H2,1-2H3. The van der Waals surface area contributed by atoms with Crippen molar-refractivity contribution in [2.24, 2.45) is 0 Å². The first kappa shape index (κ1) is 18.0. The fourth-order valence-electron chi connectivity index (χ4n) is 2.74. The van der Waals surface area contributed by atoms with Crippen molar-refractivity contribution < 1.29 is 4.79 Å². The van der Waals surface area contributed by atoms with Crippen LogP contribution in [0.15, 0.2) is 18.2 Å². The lowest BCUT2D eigenvalue weighted by Gasteiger charge is -2.31. The summed E-state index contributed by atoms with van der Waals surface area (Å²) in [5.41, 5.74) is 3.58. The number of carbonyl (C=O) groups is 1. The Balaban J connectivity index is 2.34. The van der Waals surface area contributed by atoms with E-state index in [9.17, 15) is 4.79 Å². The molecule has 22 heavy (non-hydrogen) atoms. The van der Waals surface area contributed by atoms with Crippen molar-refractivity contribution in [1.29, 1.82) is 0 Å². The predicted molar refractivity (Wildman–Crippen MR) is 102 cm³/mol. The maximum atomic E-state index is 12.5. The highest BCUT2D eigenvalue weighted by atomic mass is 35.5. The molecule has 0 spiro atoms. The number of anilines is 1. The molecule has 0 unspecified atom stereocenters. The van der Waals surface area contributed by atoms with Gasteiger partial charge in [-0.25, -0.2) is 0 Å². The van der Waals surface area contributed by atoms with Gasteiger partial charge in [-0.2, -0.15) is 0 Å². The molecule has 1 fully saturated rings. The van der Waals surface area contributed by atoms with Crippen LogP contribution in [0.4, 0.5) is 5.69 Å². The minimum Gasteiger partial charge on any atom is -0.309 e. The molecule has 0 aliphatic carbocycles. The molecule has 0 radical (unpaired) electrons. The number of thioether (sulfide) groups is 2. The number of aryl methyl sites for hydroxylation is 2. The lowest BCUT2D eigenvalue weighted by molar-refractivity contribution is -0.116. The van der Waals surface area contributed by atoms with Gasteiger partial charge < -0.3 is 4.90 Å². The number of hydrogen-bond acceptors (Lipinski definition) is 3. The van der Waals surface area contributed by atoms with Crippen LogP contribution in [0.3, 0.4) is 0 Å². The van der Waals surface area contributed by atoms with Crippen molar-refractivity contribution in [2.45, 2.75) is 37.7 Å². The lowest BCUT2D eigenvalue weighted by atomic mass is 10.0. The molecule has 0 atom stereocenters. The molecule has 0 saturated carbocycles. The summed E-state index contributed by atoms with van der Waals surface area (Å²) in [6, 6.07) is 6.35. The Hall–Kier alpha value is -0.320. The first-order valence-electron chi connectivity index (χ1n) is 7.91. The zero-order chi connectivity index (χ0) is 15.9. The molecular formula is C17H24ClNOS2. The van der Waals surface area contributed by atoms with Crippen molar-refractivity contribution in [3.63, 3.8) is 0 Å². The number of alkyl halides is 1. The van der Waals surface area contributed by atoms with E-state index < -0.39 is 0 Å². The van der Waals surface area contributed by atoms with Crippen LogP contribution < -0.4 is 4.90 Å². The first-order valence-corrected chi connectivity index (χ1v) is 10.5. The van der Waals surface area contributed by atoms with E-state index in [1.165, 1.54) is 29.1 Å². The molecule has 1 aromatic carbocycles. The van der Waals surface area contributed by atoms with Crippen LogP contribution in [0.5, 0.6) is 0 Å². The highest BCUT2D eigenvalue weighted by Gasteiger charge is 2.25. The van der Waals surface area contributed by atoms with Gasteiger partial charge in [-0.05, 0) is 41.9 Å². The number of halogens is 1. The molecule has 1 aliphatic heterocycles. The minimum atomic E-state index is 0.0176. The largest absolute Gasteiger partial charge is 0.309 e. The van der Waals surface area contributed by atoms with Crippen LogP contribution in [0, 0.1) is 0 Å². The summed E-state index contributed by atoms with van der Waals surface area (Å²) in [5, 5.41) is 0. The molecule has 1 heterocycles. The average Bonchev–Trinajstić information content (AvgIpc) is 2.59. The highest BCUT2D eigenvalue weighted by molar-refractivity contribution is 8.17. The molecule has 5 heteroatoms. The second-order valence-electron chi connectivity index (χ2n) is 5.29. The fraction of sp³-hybridized carbons (Fsp3) is 0.588. The molecule has 2 rings (SSSR count). The summed E-state index contributed by atoms with van der Waals surface area (Å²) in [6.07, 6.45) is 3.13. The molecule has 1 amide bonds. The maximum Gasteiger partial charge on any atom is 0.241 e. The Labute approximate surface area is 147 Å². The van der Waals surface area contributed by atoms with Gasteiger partial charge in [0.1, 0.15) is 5.88 Å². The zero-order valence-electron chi connectivity index (χ0n) is 13.3. The molecule has 2 nitrogen and oxygen atoms in total. The molecule has 1 saturated heterocycles. The van der Waals surface area contributed by atoms with Gasteiger partial charge in [-0.15, -0.1) is 35.1 Å². The number of para-hydroxylation sites is 1. The van der Waals surface area contributed by atoms with Gasteiger partial charge in [0, 0.05) is 6.54 Å². The zero-order valence-corrected chi connectivity index (χ0v) is 15.7. The molecule has 0 bridgehead atoms. The topological polar surface area (TPSA) is 20.3 Å². The number of nitrogens with zero attached hydrogens (tertiary/aromatic N) is 1. The quantitative estimate of drug-likeness (QED) is 0.695. The van der Waals surface area contributed by atoms with E-state index in [-0.39, 0.29) is 11.8 Å². The summed E-state index contributed by atoms with van der Waals surface area (Å²) >= 11 is 9.83. The van der Waals surface area contributed by atoms with E-state index >= 15 is 0 Å². The molecule has 122 valence electrons. The van der Waals surface area contributed by atoms with E-state index in [0.717, 1.165) is 25.1 Å². The van der Waals surface area contributed by atoms with Crippen LogP contribution in [-0.4, -0.2) is 34.4 Å². The fourth-order valence-corrected chi connectivity index (χ4v) is 5.69. The molecule has 0 aromatic heterocycles. The molecule has 0 N–H and O–H groups in total. The molecule has 1 aliphatic rings. The smallest absolute Gasteiger partial charge is 0.241 e. The number of hydrogen-bond donors (Lipinski definition) is 0. The van der Waals surface area contributed by atoms with Gasteiger partial charge in [0.2, 0.25) is 5.91 Å². The third-order valence-electron chi connectivity index (χ3n) is 3.88. The van der Waals surface area contributed by atoms with Gasteiger partial charge in [0.25, 0.3) is 0 Å². The second-order valence-corrected chi connectivity index (χ2v) is 8.48. The Morgan fingerprint density at radius 2 is 1.82 bits per heavy atom. The third kappa shape index (κ3) is 4.36. The Bertz CT molecular complexity index is 481. The SMILES string of the molecule is CCc1cccc(CC)c1N(CC1SCCCS1)C(=O)CCl. The summed E-state index contributed by atoms with van der Waals surface area (Å²) in [7, 11) is 0. The number of rotatable bonds is 6. The Kier molecular flexibility index (Phi) is 7.45. The van der Waals surface area contributed by atoms with E-state index in [0.29, 0.717) is 4.58 Å². The monoisotopic (exact) mass is 357 g/mol. The summed E-state index contributed by atoms with van der Waals surface area (Å²) in [6.45, 7) is 5.04. The van der Waals surface area contributed by atoms with Crippen LogP contribution in [-0.2, 0) is 17.6 Å². The van der Waals surface area contributed by atoms with Crippen LogP contribution in [0.1, 0.15) is 31.4 Å². The van der Waals surface area contributed by atoms with Gasteiger partial charge in [0.15, 0.2) is 0 Å². The van der Waals surface area contributed by atoms with Crippen molar-refractivity contribution in [3.05, 3.63) is 29.3 Å². The number of benzene rings is 1. The Morgan fingerprint density at radius 1 is 1.23 bits per heavy atom. The van der Waals surface area contributed by atoms with Gasteiger partial charge in [-0.1, -0.05) is 32.0 Å². The minimum absolute atomic E-state index is 0.0176. The average molecular weight is 358 g/mol. The van der Waals surface area contributed by atoms with Crippen molar-refractivity contribution in [1.82, 2.24) is 0 Å². The number of carbonyl (C=O) groups excluding carboxylic acids is 1. The highest BCUT2D eigenvalue weighted by Crippen LogP contribution is 2.34. The predicted octanol–water partition coefficient (Wildman–Crippen LogP) is 4.58. The lowest BCUT2D eigenvalue weighted by Crippen LogP contribution is -2.38. The van der Waals surface area contributed by atoms with E-state index in [4.69, 9.17) is 11.6 Å². The van der Waals surface area contributed by atoms with Crippen molar-refractivity contribution in [3.8, 4) is 0 Å². The normalized spacial score (nSPS) is 15.8. The molecule has 1 aromatic rings.